The number of likely N-dealkylation sites (N-methyl/N-ethyl adjacent to an activating group) is 1. The number of rotatable bonds is 5. The van der Waals surface area contributed by atoms with Gasteiger partial charge in [0.05, 0.1) is 22.1 Å². The zero-order valence-corrected chi connectivity index (χ0v) is 9.65. The maximum absolute atomic E-state index is 10.8. The van der Waals surface area contributed by atoms with Crippen LogP contribution in [0.25, 0.3) is 0 Å². The quantitative estimate of drug-likeness (QED) is 0.632. The third-order valence-electron chi connectivity index (χ3n) is 2.20. The van der Waals surface area contributed by atoms with E-state index in [1.165, 1.54) is 6.07 Å². The minimum atomic E-state index is -0.450. The second-order valence-electron chi connectivity index (χ2n) is 3.46. The number of nitro groups is 1. The lowest BCUT2D eigenvalue weighted by atomic mass is 10.1. The van der Waals surface area contributed by atoms with Crippen LogP contribution < -0.4 is 0 Å². The van der Waals surface area contributed by atoms with Gasteiger partial charge in [-0.2, -0.15) is 0 Å². The van der Waals surface area contributed by atoms with Crippen LogP contribution in [0.15, 0.2) is 18.2 Å². The Hall–Kier alpha value is -1.17. The molecule has 0 saturated carbocycles. The fraction of sp³-hybridized carbons (Fsp3) is 0.400. The number of halogens is 1. The first-order valence-corrected chi connectivity index (χ1v) is 5.15. The van der Waals surface area contributed by atoms with Gasteiger partial charge in [0.25, 0.3) is 5.69 Å². The molecule has 5 nitrogen and oxygen atoms in total. The van der Waals surface area contributed by atoms with Gasteiger partial charge in [-0.25, -0.2) is 0 Å². The zero-order valence-electron chi connectivity index (χ0n) is 8.89. The number of nitro benzene ring substituents is 1. The number of aliphatic hydroxyl groups excluding tert-OH is 1. The number of hydrogen-bond acceptors (Lipinski definition) is 4. The summed E-state index contributed by atoms with van der Waals surface area (Å²) in [5, 5.41) is 19.9. The van der Waals surface area contributed by atoms with Gasteiger partial charge < -0.3 is 5.11 Å². The van der Waals surface area contributed by atoms with Crippen LogP contribution in [0.5, 0.6) is 0 Å². The third kappa shape index (κ3) is 3.16. The van der Waals surface area contributed by atoms with Crippen LogP contribution in [0, 0.1) is 10.1 Å². The molecule has 88 valence electrons. The summed E-state index contributed by atoms with van der Waals surface area (Å²) < 4.78 is 0. The van der Waals surface area contributed by atoms with Crippen molar-refractivity contribution in [3.05, 3.63) is 38.9 Å². The highest BCUT2D eigenvalue weighted by atomic mass is 35.5. The molecule has 0 amide bonds. The number of aliphatic hydroxyl groups is 1. The SMILES string of the molecule is CN(CCO)Cc1c(Cl)cccc1[N+](=O)[O-]. The van der Waals surface area contributed by atoms with E-state index in [0.717, 1.165) is 0 Å². The van der Waals surface area contributed by atoms with Gasteiger partial charge in [0.1, 0.15) is 0 Å². The topological polar surface area (TPSA) is 66.6 Å². The predicted molar refractivity (Wildman–Crippen MR) is 61.5 cm³/mol. The van der Waals surface area contributed by atoms with Crippen LogP contribution in [-0.4, -0.2) is 35.1 Å². The summed E-state index contributed by atoms with van der Waals surface area (Å²) in [5.41, 5.74) is 0.488. The Bertz CT molecular complexity index is 384. The molecule has 0 aliphatic heterocycles. The molecular weight excluding hydrogens is 232 g/mol. The van der Waals surface area contributed by atoms with Crippen molar-refractivity contribution in [3.63, 3.8) is 0 Å². The van der Waals surface area contributed by atoms with Gasteiger partial charge in [-0.05, 0) is 13.1 Å². The van der Waals surface area contributed by atoms with Gasteiger partial charge in [-0.3, -0.25) is 15.0 Å². The summed E-state index contributed by atoms with van der Waals surface area (Å²) >= 11 is 5.92. The standard InChI is InChI=1S/C10H13ClN2O3/c1-12(5-6-14)7-8-9(11)3-2-4-10(8)13(15)16/h2-4,14H,5-7H2,1H3. The maximum Gasteiger partial charge on any atom is 0.275 e. The summed E-state index contributed by atoms with van der Waals surface area (Å²) in [6.07, 6.45) is 0. The van der Waals surface area contributed by atoms with E-state index >= 15 is 0 Å². The lowest BCUT2D eigenvalue weighted by Gasteiger charge is -2.15. The van der Waals surface area contributed by atoms with Crippen LogP contribution in [0.1, 0.15) is 5.56 Å². The average Bonchev–Trinajstić information content (AvgIpc) is 2.21. The molecule has 1 aromatic rings. The normalized spacial score (nSPS) is 10.8. The van der Waals surface area contributed by atoms with Crippen molar-refractivity contribution in [1.29, 1.82) is 0 Å². The van der Waals surface area contributed by atoms with Gasteiger partial charge in [0.2, 0.25) is 0 Å². The molecule has 0 bridgehead atoms. The van der Waals surface area contributed by atoms with E-state index in [4.69, 9.17) is 16.7 Å². The van der Waals surface area contributed by atoms with Crippen molar-refractivity contribution in [2.45, 2.75) is 6.54 Å². The Morgan fingerprint density at radius 1 is 1.56 bits per heavy atom. The molecule has 1 rings (SSSR count). The van der Waals surface area contributed by atoms with E-state index in [2.05, 4.69) is 0 Å². The minimum absolute atomic E-state index is 0.00868. The largest absolute Gasteiger partial charge is 0.395 e. The van der Waals surface area contributed by atoms with Gasteiger partial charge in [0, 0.05) is 19.2 Å². The Labute approximate surface area is 98.4 Å². The lowest BCUT2D eigenvalue weighted by Crippen LogP contribution is -2.22. The van der Waals surface area contributed by atoms with Gasteiger partial charge >= 0.3 is 0 Å². The van der Waals surface area contributed by atoms with E-state index in [0.29, 0.717) is 23.7 Å². The van der Waals surface area contributed by atoms with Crippen molar-refractivity contribution in [1.82, 2.24) is 4.90 Å². The zero-order chi connectivity index (χ0) is 12.1. The van der Waals surface area contributed by atoms with E-state index in [9.17, 15) is 10.1 Å². The van der Waals surface area contributed by atoms with Crippen LogP contribution in [-0.2, 0) is 6.54 Å². The summed E-state index contributed by atoms with van der Waals surface area (Å²) in [4.78, 5) is 12.1. The van der Waals surface area contributed by atoms with Crippen LogP contribution >= 0.6 is 11.6 Å². The highest BCUT2D eigenvalue weighted by Crippen LogP contribution is 2.27. The smallest absolute Gasteiger partial charge is 0.275 e. The molecular formula is C10H13ClN2O3. The lowest BCUT2D eigenvalue weighted by molar-refractivity contribution is -0.385. The molecule has 0 heterocycles. The fourth-order valence-corrected chi connectivity index (χ4v) is 1.62. The van der Waals surface area contributed by atoms with E-state index in [-0.39, 0.29) is 12.3 Å². The number of hydrogen-bond donors (Lipinski definition) is 1. The van der Waals surface area contributed by atoms with E-state index < -0.39 is 4.92 Å². The van der Waals surface area contributed by atoms with E-state index in [1.807, 2.05) is 0 Å². The molecule has 0 spiro atoms. The third-order valence-corrected chi connectivity index (χ3v) is 2.55. The summed E-state index contributed by atoms with van der Waals surface area (Å²) in [5.74, 6) is 0. The van der Waals surface area contributed by atoms with Crippen molar-refractivity contribution in [3.8, 4) is 0 Å². The first-order chi connectivity index (χ1) is 7.56. The highest BCUT2D eigenvalue weighted by molar-refractivity contribution is 6.31. The molecule has 16 heavy (non-hydrogen) atoms. The monoisotopic (exact) mass is 244 g/mol. The molecule has 1 N–H and O–H groups in total. The fourth-order valence-electron chi connectivity index (χ4n) is 1.39. The molecule has 0 aliphatic rings. The number of nitrogens with zero attached hydrogens (tertiary/aromatic N) is 2. The van der Waals surface area contributed by atoms with Crippen molar-refractivity contribution < 1.29 is 10.0 Å². The highest BCUT2D eigenvalue weighted by Gasteiger charge is 2.17. The second kappa shape index (κ2) is 5.79. The van der Waals surface area contributed by atoms with Gasteiger partial charge in [0.15, 0.2) is 0 Å². The maximum atomic E-state index is 10.8. The van der Waals surface area contributed by atoms with Crippen molar-refractivity contribution in [2.24, 2.45) is 0 Å². The van der Waals surface area contributed by atoms with Crippen LogP contribution in [0.4, 0.5) is 5.69 Å². The van der Waals surface area contributed by atoms with Gasteiger partial charge in [-0.1, -0.05) is 17.7 Å². The Kier molecular flexibility index (Phi) is 4.67. The first-order valence-electron chi connectivity index (χ1n) is 4.77. The molecule has 0 radical (unpaired) electrons. The Balaban J connectivity index is 2.97. The molecule has 1 aromatic carbocycles. The van der Waals surface area contributed by atoms with Crippen LogP contribution in [0.2, 0.25) is 5.02 Å². The molecule has 6 heteroatoms. The molecule has 0 atom stereocenters. The number of benzene rings is 1. The van der Waals surface area contributed by atoms with Gasteiger partial charge in [-0.15, -0.1) is 0 Å². The molecule has 0 unspecified atom stereocenters. The first kappa shape index (κ1) is 12.9. The minimum Gasteiger partial charge on any atom is -0.395 e. The van der Waals surface area contributed by atoms with Crippen molar-refractivity contribution >= 4 is 17.3 Å². The molecule has 0 fully saturated rings. The predicted octanol–water partition coefficient (Wildman–Crippen LogP) is 1.67. The Morgan fingerprint density at radius 2 is 2.25 bits per heavy atom. The summed E-state index contributed by atoms with van der Waals surface area (Å²) in [6.45, 7) is 0.799. The summed E-state index contributed by atoms with van der Waals surface area (Å²) in [7, 11) is 1.77. The van der Waals surface area contributed by atoms with Crippen LogP contribution in [0.3, 0.4) is 0 Å². The molecule has 0 saturated heterocycles. The average molecular weight is 245 g/mol. The van der Waals surface area contributed by atoms with Crippen molar-refractivity contribution in [2.75, 3.05) is 20.2 Å². The van der Waals surface area contributed by atoms with E-state index in [1.54, 1.807) is 24.1 Å². The Morgan fingerprint density at radius 3 is 2.81 bits per heavy atom. The second-order valence-corrected chi connectivity index (χ2v) is 3.86. The molecule has 0 aromatic heterocycles. The molecule has 0 aliphatic carbocycles. The summed E-state index contributed by atoms with van der Waals surface area (Å²) in [6, 6.07) is 4.60.